The van der Waals surface area contributed by atoms with E-state index in [0.717, 1.165) is 23.5 Å². The van der Waals surface area contributed by atoms with Gasteiger partial charge in [0, 0.05) is 55.5 Å². The third-order valence-corrected chi connectivity index (χ3v) is 8.09. The van der Waals surface area contributed by atoms with E-state index in [0.29, 0.717) is 18.1 Å². The van der Waals surface area contributed by atoms with Crippen LogP contribution in [-0.2, 0) is 16.0 Å². The first-order chi connectivity index (χ1) is 17.6. The van der Waals surface area contributed by atoms with E-state index in [-0.39, 0.29) is 31.3 Å². The number of imide groups is 2. The van der Waals surface area contributed by atoms with E-state index in [9.17, 15) is 14.4 Å². The van der Waals surface area contributed by atoms with Crippen LogP contribution in [0.5, 0.6) is 0 Å². The largest absolute Gasteiger partial charge is 0.368 e. The molecule has 2 aromatic carbocycles. The van der Waals surface area contributed by atoms with Gasteiger partial charge in [-0.25, -0.2) is 4.79 Å². The number of rotatable bonds is 5. The average Bonchev–Trinajstić information content (AvgIpc) is 2.88. The van der Waals surface area contributed by atoms with Crippen molar-refractivity contribution in [2.24, 2.45) is 17.3 Å². The van der Waals surface area contributed by atoms with E-state index in [4.69, 9.17) is 11.6 Å². The summed E-state index contributed by atoms with van der Waals surface area (Å²) in [7, 11) is 0. The Morgan fingerprint density at radius 3 is 2.08 bits per heavy atom. The second-order valence-electron chi connectivity index (χ2n) is 11.3. The number of amides is 4. The number of anilines is 2. The van der Waals surface area contributed by atoms with Crippen molar-refractivity contribution in [3.05, 3.63) is 59.1 Å². The lowest BCUT2D eigenvalue weighted by atomic mass is 9.67. The fourth-order valence-electron chi connectivity index (χ4n) is 6.14. The van der Waals surface area contributed by atoms with E-state index < -0.39 is 29.3 Å². The van der Waals surface area contributed by atoms with Gasteiger partial charge in [-0.05, 0) is 41.7 Å². The molecular formula is C29H35ClN4O3. The molecule has 0 N–H and O–H groups in total. The van der Waals surface area contributed by atoms with Gasteiger partial charge in [-0.3, -0.25) is 19.4 Å². The van der Waals surface area contributed by atoms with E-state index in [1.165, 1.54) is 9.80 Å². The van der Waals surface area contributed by atoms with Gasteiger partial charge in [0.15, 0.2) is 5.41 Å². The van der Waals surface area contributed by atoms with E-state index >= 15 is 0 Å². The normalized spacial score (nSPS) is 21.3. The molecule has 4 amide bonds. The lowest BCUT2D eigenvalue weighted by Gasteiger charge is -2.57. The number of carbonyl (C=O) groups excluding carboxylic acids is 3. The Kier molecular flexibility index (Phi) is 6.69. The summed E-state index contributed by atoms with van der Waals surface area (Å²) in [5.74, 6) is -0.651. The highest BCUT2D eigenvalue weighted by molar-refractivity contribution is 6.32. The van der Waals surface area contributed by atoms with Crippen molar-refractivity contribution in [1.82, 2.24) is 9.80 Å². The summed E-state index contributed by atoms with van der Waals surface area (Å²) in [5.41, 5.74) is 1.39. The molecule has 1 spiro atoms. The minimum Gasteiger partial charge on any atom is -0.368 e. The van der Waals surface area contributed by atoms with E-state index in [2.05, 4.69) is 21.9 Å². The predicted octanol–water partition coefficient (Wildman–Crippen LogP) is 4.68. The van der Waals surface area contributed by atoms with E-state index in [1.54, 1.807) is 0 Å². The molecule has 1 atom stereocenters. The summed E-state index contributed by atoms with van der Waals surface area (Å²) in [5, 5.41) is 0.545. The maximum atomic E-state index is 14.5. The molecule has 3 heterocycles. The predicted molar refractivity (Wildman–Crippen MR) is 146 cm³/mol. The summed E-state index contributed by atoms with van der Waals surface area (Å²) >= 11 is 6.71. The quantitative estimate of drug-likeness (QED) is 0.533. The van der Waals surface area contributed by atoms with Crippen LogP contribution in [0.2, 0.25) is 5.02 Å². The van der Waals surface area contributed by atoms with Crippen molar-refractivity contribution in [2.75, 3.05) is 42.5 Å². The molecule has 0 aromatic heterocycles. The second kappa shape index (κ2) is 9.67. The molecule has 0 radical (unpaired) electrons. The fraction of sp³-hybridized carbons (Fsp3) is 0.483. The zero-order valence-corrected chi connectivity index (χ0v) is 22.7. The summed E-state index contributed by atoms with van der Waals surface area (Å²) in [6.45, 7) is 10.3. The third kappa shape index (κ3) is 4.17. The van der Waals surface area contributed by atoms with E-state index in [1.807, 2.05) is 64.1 Å². The van der Waals surface area contributed by atoms with Gasteiger partial charge in [0.05, 0.1) is 6.04 Å². The molecule has 0 saturated carbocycles. The maximum Gasteiger partial charge on any atom is 0.333 e. The van der Waals surface area contributed by atoms with Crippen LogP contribution < -0.4 is 9.80 Å². The minimum absolute atomic E-state index is 0.0711. The van der Waals surface area contributed by atoms with Crippen LogP contribution in [0.15, 0.2) is 48.5 Å². The Labute approximate surface area is 224 Å². The Bertz CT molecular complexity index is 1180. The SMILES string of the molecule is CC(C)CN1C(=O)N(CC(C)C)C(=O)C2(Cc3c(Cl)cccc3N3CCN(c4ccccc4)CC32)C1=O. The molecule has 7 nitrogen and oxygen atoms in total. The van der Waals surface area contributed by atoms with Gasteiger partial charge in [-0.1, -0.05) is 63.6 Å². The Morgan fingerprint density at radius 1 is 0.865 bits per heavy atom. The van der Waals surface area contributed by atoms with Crippen LogP contribution in [0, 0.1) is 17.3 Å². The standard InChI is InChI=1S/C29H35ClN4O3/c1-19(2)16-33-26(35)29(27(36)34(28(33)37)17-20(3)4)15-22-23(30)11-8-12-24(22)32-14-13-31(18-25(29)32)21-9-6-5-7-10-21/h5-12,19-20,25H,13-18H2,1-4H3. The summed E-state index contributed by atoms with van der Waals surface area (Å²) in [4.78, 5) is 49.6. The van der Waals surface area contributed by atoms with Gasteiger partial charge in [0.1, 0.15) is 0 Å². The summed E-state index contributed by atoms with van der Waals surface area (Å²) in [6.07, 6.45) is 0.180. The highest BCUT2D eigenvalue weighted by Crippen LogP contribution is 2.49. The summed E-state index contributed by atoms with van der Waals surface area (Å²) in [6, 6.07) is 14.9. The van der Waals surface area contributed by atoms with Gasteiger partial charge in [-0.15, -0.1) is 0 Å². The Morgan fingerprint density at radius 2 is 1.49 bits per heavy atom. The zero-order chi connectivity index (χ0) is 26.5. The monoisotopic (exact) mass is 522 g/mol. The molecule has 0 bridgehead atoms. The first-order valence-corrected chi connectivity index (χ1v) is 13.5. The molecule has 2 fully saturated rings. The van der Waals surface area contributed by atoms with Crippen LogP contribution in [-0.4, -0.2) is 66.4 Å². The number of carbonyl (C=O) groups is 3. The summed E-state index contributed by atoms with van der Waals surface area (Å²) < 4.78 is 0. The molecule has 5 rings (SSSR count). The lowest BCUT2D eigenvalue weighted by Crippen LogP contribution is -2.76. The van der Waals surface area contributed by atoms with Crippen LogP contribution in [0.3, 0.4) is 0 Å². The zero-order valence-electron chi connectivity index (χ0n) is 22.0. The number of piperazine rings is 1. The van der Waals surface area contributed by atoms with Crippen molar-refractivity contribution in [3.8, 4) is 0 Å². The van der Waals surface area contributed by atoms with Gasteiger partial charge in [0.25, 0.3) is 0 Å². The molecule has 37 heavy (non-hydrogen) atoms. The molecular weight excluding hydrogens is 488 g/mol. The number of hydrogen-bond acceptors (Lipinski definition) is 5. The molecule has 0 aliphatic carbocycles. The van der Waals surface area contributed by atoms with Crippen molar-refractivity contribution in [1.29, 1.82) is 0 Å². The van der Waals surface area contributed by atoms with Crippen molar-refractivity contribution < 1.29 is 14.4 Å². The van der Waals surface area contributed by atoms with Crippen LogP contribution >= 0.6 is 11.6 Å². The lowest BCUT2D eigenvalue weighted by molar-refractivity contribution is -0.161. The maximum absolute atomic E-state index is 14.5. The molecule has 2 aromatic rings. The first-order valence-electron chi connectivity index (χ1n) is 13.2. The van der Waals surface area contributed by atoms with Crippen LogP contribution in [0.4, 0.5) is 16.2 Å². The molecule has 3 aliphatic rings. The van der Waals surface area contributed by atoms with Crippen molar-refractivity contribution in [2.45, 2.75) is 40.2 Å². The average molecular weight is 523 g/mol. The molecule has 1 unspecified atom stereocenters. The van der Waals surface area contributed by atoms with Crippen molar-refractivity contribution in [3.63, 3.8) is 0 Å². The van der Waals surface area contributed by atoms with Crippen LogP contribution in [0.1, 0.15) is 33.3 Å². The number of hydrogen-bond donors (Lipinski definition) is 0. The fourth-order valence-corrected chi connectivity index (χ4v) is 6.37. The number of urea groups is 1. The molecule has 196 valence electrons. The number of para-hydroxylation sites is 1. The molecule has 8 heteroatoms. The van der Waals surface area contributed by atoms with Crippen molar-refractivity contribution >= 4 is 40.8 Å². The van der Waals surface area contributed by atoms with Gasteiger partial charge in [-0.2, -0.15) is 0 Å². The number of fused-ring (bicyclic) bond motifs is 4. The highest BCUT2D eigenvalue weighted by Gasteiger charge is 2.65. The number of nitrogens with zero attached hydrogens (tertiary/aromatic N) is 4. The van der Waals surface area contributed by atoms with Gasteiger partial charge >= 0.3 is 6.03 Å². The Hall–Kier alpha value is -3.06. The molecule has 2 saturated heterocycles. The minimum atomic E-state index is -1.44. The Balaban J connectivity index is 1.68. The topological polar surface area (TPSA) is 64.2 Å². The number of barbiturate groups is 1. The third-order valence-electron chi connectivity index (χ3n) is 7.74. The number of halogens is 1. The highest BCUT2D eigenvalue weighted by atomic mass is 35.5. The van der Waals surface area contributed by atoms with Gasteiger partial charge < -0.3 is 9.80 Å². The smallest absolute Gasteiger partial charge is 0.333 e. The van der Waals surface area contributed by atoms with Gasteiger partial charge in [0.2, 0.25) is 11.8 Å². The van der Waals surface area contributed by atoms with Crippen LogP contribution in [0.25, 0.3) is 0 Å². The number of benzene rings is 2. The first kappa shape index (κ1) is 25.6. The second-order valence-corrected chi connectivity index (χ2v) is 11.7. The molecule has 3 aliphatic heterocycles.